The number of hydrogen-bond donors (Lipinski definition) is 2. The third-order valence-electron chi connectivity index (χ3n) is 2.88. The fraction of sp³-hybridized carbons (Fsp3) is 0. The van der Waals surface area contributed by atoms with Gasteiger partial charge in [0.1, 0.15) is 0 Å². The van der Waals surface area contributed by atoms with Crippen LogP contribution in [-0.2, 0) is 0 Å². The predicted octanol–water partition coefficient (Wildman–Crippen LogP) is 4.23. The van der Waals surface area contributed by atoms with Crippen LogP contribution >= 0.6 is 27.5 Å². The third kappa shape index (κ3) is 2.55. The van der Waals surface area contributed by atoms with Gasteiger partial charge in [0.2, 0.25) is 0 Å². The minimum Gasteiger partial charge on any atom is -0.321 e. The Morgan fingerprint density at radius 2 is 2.10 bits per heavy atom. The van der Waals surface area contributed by atoms with Crippen LogP contribution in [0.2, 0.25) is 5.02 Å². The average Bonchev–Trinajstić information content (AvgIpc) is 2.89. The van der Waals surface area contributed by atoms with Crippen molar-refractivity contribution in [3.63, 3.8) is 0 Å². The van der Waals surface area contributed by atoms with Crippen molar-refractivity contribution >= 4 is 50.0 Å². The van der Waals surface area contributed by atoms with Crippen LogP contribution in [0, 0.1) is 0 Å². The fourth-order valence-electron chi connectivity index (χ4n) is 1.86. The number of aromatic nitrogens is 2. The smallest absolute Gasteiger partial charge is 0.255 e. The summed E-state index contributed by atoms with van der Waals surface area (Å²) in [6.45, 7) is 0. The highest BCUT2D eigenvalue weighted by Gasteiger charge is 2.10. The number of carbonyl (C=O) groups is 1. The first-order valence-corrected chi connectivity index (χ1v) is 7.00. The van der Waals surface area contributed by atoms with Gasteiger partial charge in [-0.15, -0.1) is 0 Å². The van der Waals surface area contributed by atoms with Crippen LogP contribution in [0.3, 0.4) is 0 Å². The van der Waals surface area contributed by atoms with Crippen molar-refractivity contribution in [3.05, 3.63) is 57.7 Å². The molecule has 0 fully saturated rings. The SMILES string of the molecule is O=C(Nc1ccc(Br)cc1Cl)c1ccc2cn[nH]c2c1. The summed E-state index contributed by atoms with van der Waals surface area (Å²) < 4.78 is 0.861. The van der Waals surface area contributed by atoms with Crippen molar-refractivity contribution in [2.75, 3.05) is 5.32 Å². The van der Waals surface area contributed by atoms with E-state index in [1.807, 2.05) is 12.1 Å². The van der Waals surface area contributed by atoms with Crippen LogP contribution in [0.1, 0.15) is 10.4 Å². The first-order valence-electron chi connectivity index (χ1n) is 5.83. The molecule has 0 bridgehead atoms. The summed E-state index contributed by atoms with van der Waals surface area (Å²) in [5, 5.41) is 11.0. The van der Waals surface area contributed by atoms with Gasteiger partial charge in [-0.1, -0.05) is 33.6 Å². The van der Waals surface area contributed by atoms with E-state index in [1.165, 1.54) is 0 Å². The molecule has 0 aliphatic carbocycles. The van der Waals surface area contributed by atoms with Gasteiger partial charge in [-0.05, 0) is 30.3 Å². The molecule has 0 atom stereocenters. The maximum atomic E-state index is 12.2. The first-order chi connectivity index (χ1) is 9.63. The topological polar surface area (TPSA) is 57.8 Å². The zero-order valence-electron chi connectivity index (χ0n) is 10.2. The predicted molar refractivity (Wildman–Crippen MR) is 83.2 cm³/mol. The Bertz CT molecular complexity index is 800. The van der Waals surface area contributed by atoms with E-state index >= 15 is 0 Å². The molecule has 1 heterocycles. The molecule has 3 aromatic rings. The minimum atomic E-state index is -0.217. The molecular weight excluding hydrogens is 342 g/mol. The highest BCUT2D eigenvalue weighted by Crippen LogP contribution is 2.26. The maximum Gasteiger partial charge on any atom is 0.255 e. The van der Waals surface area contributed by atoms with Crippen LogP contribution < -0.4 is 5.32 Å². The molecule has 0 aliphatic heterocycles. The number of carbonyl (C=O) groups excluding carboxylic acids is 1. The van der Waals surface area contributed by atoms with Crippen LogP contribution in [-0.4, -0.2) is 16.1 Å². The van der Waals surface area contributed by atoms with Gasteiger partial charge in [0.15, 0.2) is 0 Å². The minimum absolute atomic E-state index is 0.217. The number of H-pyrrole nitrogens is 1. The van der Waals surface area contributed by atoms with Crippen LogP contribution in [0.25, 0.3) is 10.9 Å². The molecule has 0 saturated carbocycles. The van der Waals surface area contributed by atoms with Crippen molar-refractivity contribution in [1.82, 2.24) is 10.2 Å². The lowest BCUT2D eigenvalue weighted by molar-refractivity contribution is 0.102. The Balaban J connectivity index is 1.88. The highest BCUT2D eigenvalue weighted by atomic mass is 79.9. The van der Waals surface area contributed by atoms with Crippen LogP contribution in [0.15, 0.2) is 47.1 Å². The molecule has 2 aromatic carbocycles. The number of aromatic amines is 1. The summed E-state index contributed by atoms with van der Waals surface area (Å²) in [4.78, 5) is 12.2. The molecule has 1 aromatic heterocycles. The van der Waals surface area contributed by atoms with Crippen molar-refractivity contribution < 1.29 is 4.79 Å². The van der Waals surface area contributed by atoms with E-state index in [9.17, 15) is 4.79 Å². The molecule has 0 spiro atoms. The van der Waals surface area contributed by atoms with Gasteiger partial charge in [-0.25, -0.2) is 0 Å². The molecule has 20 heavy (non-hydrogen) atoms. The number of hydrogen-bond acceptors (Lipinski definition) is 2. The first kappa shape index (κ1) is 13.1. The average molecular weight is 351 g/mol. The van der Waals surface area contributed by atoms with Crippen LogP contribution in [0.4, 0.5) is 5.69 Å². The lowest BCUT2D eigenvalue weighted by Gasteiger charge is -2.07. The Hall–Kier alpha value is -1.85. The van der Waals surface area contributed by atoms with E-state index in [0.29, 0.717) is 16.3 Å². The lowest BCUT2D eigenvalue weighted by atomic mass is 10.1. The largest absolute Gasteiger partial charge is 0.321 e. The summed E-state index contributed by atoms with van der Waals surface area (Å²) in [7, 11) is 0. The summed E-state index contributed by atoms with van der Waals surface area (Å²) in [6.07, 6.45) is 1.71. The van der Waals surface area contributed by atoms with Gasteiger partial charge < -0.3 is 5.32 Å². The second-order valence-electron chi connectivity index (χ2n) is 4.25. The Morgan fingerprint density at radius 3 is 2.90 bits per heavy atom. The standard InChI is InChI=1S/C14H9BrClN3O/c15-10-3-4-12(11(16)6-10)18-14(20)8-1-2-9-7-17-19-13(9)5-8/h1-7H,(H,17,19)(H,18,20). The van der Waals surface area contributed by atoms with Gasteiger partial charge in [0, 0.05) is 15.4 Å². The molecule has 0 aliphatic rings. The van der Waals surface area contributed by atoms with Crippen LogP contribution in [0.5, 0.6) is 0 Å². The van der Waals surface area contributed by atoms with Gasteiger partial charge >= 0.3 is 0 Å². The maximum absolute atomic E-state index is 12.2. The molecular formula is C14H9BrClN3O. The van der Waals surface area contributed by atoms with E-state index in [2.05, 4.69) is 31.4 Å². The zero-order valence-corrected chi connectivity index (χ0v) is 12.5. The number of benzene rings is 2. The molecule has 4 nitrogen and oxygen atoms in total. The van der Waals surface area contributed by atoms with Gasteiger partial charge in [0.05, 0.1) is 22.4 Å². The number of rotatable bonds is 2. The number of fused-ring (bicyclic) bond motifs is 1. The second-order valence-corrected chi connectivity index (χ2v) is 5.57. The zero-order chi connectivity index (χ0) is 14.1. The summed E-state index contributed by atoms with van der Waals surface area (Å²) in [6, 6.07) is 10.6. The van der Waals surface area contributed by atoms with E-state index in [-0.39, 0.29) is 5.91 Å². The summed E-state index contributed by atoms with van der Waals surface area (Å²) in [5.41, 5.74) is 1.94. The van der Waals surface area contributed by atoms with Gasteiger partial charge in [-0.2, -0.15) is 5.10 Å². The van der Waals surface area contributed by atoms with E-state index in [1.54, 1.807) is 30.5 Å². The normalized spacial score (nSPS) is 10.7. The summed E-state index contributed by atoms with van der Waals surface area (Å²) in [5.74, 6) is -0.217. The number of anilines is 1. The quantitative estimate of drug-likeness (QED) is 0.726. The highest BCUT2D eigenvalue weighted by molar-refractivity contribution is 9.10. The van der Waals surface area contributed by atoms with Gasteiger partial charge in [-0.3, -0.25) is 9.89 Å². The van der Waals surface area contributed by atoms with Crippen molar-refractivity contribution in [1.29, 1.82) is 0 Å². The van der Waals surface area contributed by atoms with Crippen molar-refractivity contribution in [2.24, 2.45) is 0 Å². The van der Waals surface area contributed by atoms with Crippen molar-refractivity contribution in [3.8, 4) is 0 Å². The van der Waals surface area contributed by atoms with E-state index < -0.39 is 0 Å². The summed E-state index contributed by atoms with van der Waals surface area (Å²) >= 11 is 9.40. The number of nitrogens with zero attached hydrogens (tertiary/aromatic N) is 1. The fourth-order valence-corrected chi connectivity index (χ4v) is 2.58. The molecule has 3 rings (SSSR count). The van der Waals surface area contributed by atoms with E-state index in [0.717, 1.165) is 15.4 Å². The third-order valence-corrected chi connectivity index (χ3v) is 3.69. The molecule has 0 radical (unpaired) electrons. The van der Waals surface area contributed by atoms with E-state index in [4.69, 9.17) is 11.6 Å². The Labute approximate surface area is 128 Å². The van der Waals surface area contributed by atoms with Crippen molar-refractivity contribution in [2.45, 2.75) is 0 Å². The molecule has 1 amide bonds. The number of halogens is 2. The van der Waals surface area contributed by atoms with Gasteiger partial charge in [0.25, 0.3) is 5.91 Å². The second kappa shape index (κ2) is 5.26. The Kier molecular flexibility index (Phi) is 3.46. The Morgan fingerprint density at radius 1 is 1.25 bits per heavy atom. The molecule has 0 saturated heterocycles. The molecule has 100 valence electrons. The molecule has 0 unspecified atom stereocenters. The lowest BCUT2D eigenvalue weighted by Crippen LogP contribution is -2.12. The molecule has 2 N–H and O–H groups in total. The number of nitrogens with one attached hydrogen (secondary N) is 2. The monoisotopic (exact) mass is 349 g/mol. The molecule has 6 heteroatoms. The number of amides is 1.